The van der Waals surface area contributed by atoms with Crippen LogP contribution in [-0.4, -0.2) is 28.6 Å². The van der Waals surface area contributed by atoms with Crippen LogP contribution in [0.25, 0.3) is 0 Å². The van der Waals surface area contributed by atoms with Crippen molar-refractivity contribution in [1.82, 2.24) is 4.90 Å². The molecular formula is C13H15Cl2NO2. The number of likely N-dealkylation sites (tertiary alicyclic amines) is 1. The molecule has 0 radical (unpaired) electrons. The highest BCUT2D eigenvalue weighted by molar-refractivity contribution is 6.35. The van der Waals surface area contributed by atoms with E-state index in [1.165, 1.54) is 0 Å². The molecule has 1 aliphatic rings. The zero-order chi connectivity index (χ0) is 13.1. The van der Waals surface area contributed by atoms with E-state index in [4.69, 9.17) is 23.2 Å². The molecular weight excluding hydrogens is 273 g/mol. The van der Waals surface area contributed by atoms with E-state index in [9.17, 15) is 9.90 Å². The van der Waals surface area contributed by atoms with Crippen LogP contribution in [0.4, 0.5) is 0 Å². The Morgan fingerprint density at radius 2 is 2.00 bits per heavy atom. The van der Waals surface area contributed by atoms with Crippen LogP contribution in [0.15, 0.2) is 18.2 Å². The van der Waals surface area contributed by atoms with Crippen molar-refractivity contribution >= 4 is 29.2 Å². The number of halogens is 2. The number of carboxylic acids is 1. The van der Waals surface area contributed by atoms with Gasteiger partial charge in [-0.1, -0.05) is 35.7 Å². The minimum atomic E-state index is -0.766. The Hall–Kier alpha value is -0.770. The van der Waals surface area contributed by atoms with Crippen molar-refractivity contribution in [3.05, 3.63) is 33.8 Å². The summed E-state index contributed by atoms with van der Waals surface area (Å²) in [5, 5.41) is 10.4. The molecule has 1 saturated heterocycles. The summed E-state index contributed by atoms with van der Waals surface area (Å²) in [6.07, 6.45) is 2.67. The summed E-state index contributed by atoms with van der Waals surface area (Å²) in [6.45, 7) is 1.27. The predicted molar refractivity (Wildman–Crippen MR) is 72.1 cm³/mol. The van der Waals surface area contributed by atoms with Crippen molar-refractivity contribution in [2.75, 3.05) is 6.54 Å². The van der Waals surface area contributed by atoms with Crippen molar-refractivity contribution in [2.24, 2.45) is 0 Å². The molecule has 0 bridgehead atoms. The highest BCUT2D eigenvalue weighted by Crippen LogP contribution is 2.28. The van der Waals surface area contributed by atoms with Crippen LogP contribution in [0.2, 0.25) is 10.0 Å². The molecule has 1 aromatic rings. The third-order valence-corrected chi connectivity index (χ3v) is 4.03. The average Bonchev–Trinajstić information content (AvgIpc) is 2.34. The van der Waals surface area contributed by atoms with Gasteiger partial charge in [-0.2, -0.15) is 0 Å². The van der Waals surface area contributed by atoms with Crippen molar-refractivity contribution in [2.45, 2.75) is 31.8 Å². The quantitative estimate of drug-likeness (QED) is 0.926. The standard InChI is InChI=1S/C13H15Cl2NO2/c14-10-4-3-5-11(15)9(10)8-16-7-2-1-6-12(16)13(17)18/h3-5,12H,1-2,6-8H2,(H,17,18). The van der Waals surface area contributed by atoms with Gasteiger partial charge in [-0.15, -0.1) is 0 Å². The van der Waals surface area contributed by atoms with Gasteiger partial charge >= 0.3 is 5.97 Å². The second-order valence-electron chi connectivity index (χ2n) is 4.52. The maximum atomic E-state index is 11.2. The van der Waals surface area contributed by atoms with Crippen molar-refractivity contribution in [1.29, 1.82) is 0 Å². The van der Waals surface area contributed by atoms with Crippen LogP contribution >= 0.6 is 23.2 Å². The van der Waals surface area contributed by atoms with Crippen LogP contribution in [0.1, 0.15) is 24.8 Å². The van der Waals surface area contributed by atoms with Gasteiger partial charge in [0.15, 0.2) is 0 Å². The zero-order valence-corrected chi connectivity index (χ0v) is 11.4. The topological polar surface area (TPSA) is 40.5 Å². The van der Waals surface area contributed by atoms with Gasteiger partial charge in [-0.3, -0.25) is 9.69 Å². The number of rotatable bonds is 3. The highest BCUT2D eigenvalue weighted by atomic mass is 35.5. The second-order valence-corrected chi connectivity index (χ2v) is 5.33. The van der Waals surface area contributed by atoms with E-state index in [1.54, 1.807) is 18.2 Å². The van der Waals surface area contributed by atoms with Crippen molar-refractivity contribution in [3.8, 4) is 0 Å². The molecule has 1 heterocycles. The SMILES string of the molecule is O=C(O)C1CCCCN1Cc1c(Cl)cccc1Cl. The number of piperidine rings is 1. The first-order chi connectivity index (χ1) is 8.59. The first-order valence-electron chi connectivity index (χ1n) is 5.99. The smallest absolute Gasteiger partial charge is 0.320 e. The largest absolute Gasteiger partial charge is 0.480 e. The lowest BCUT2D eigenvalue weighted by molar-refractivity contribution is -0.144. The fourth-order valence-electron chi connectivity index (χ4n) is 2.35. The van der Waals surface area contributed by atoms with Gasteiger partial charge in [-0.05, 0) is 31.5 Å². The minimum absolute atomic E-state index is 0.425. The van der Waals surface area contributed by atoms with E-state index in [-0.39, 0.29) is 0 Å². The molecule has 1 fully saturated rings. The Morgan fingerprint density at radius 1 is 1.33 bits per heavy atom. The lowest BCUT2D eigenvalue weighted by atomic mass is 10.0. The molecule has 1 aliphatic heterocycles. The van der Waals surface area contributed by atoms with Crippen LogP contribution in [0.3, 0.4) is 0 Å². The molecule has 0 saturated carbocycles. The van der Waals surface area contributed by atoms with Crippen LogP contribution in [0.5, 0.6) is 0 Å². The summed E-state index contributed by atoms with van der Waals surface area (Å²) < 4.78 is 0. The maximum Gasteiger partial charge on any atom is 0.320 e. The fraction of sp³-hybridized carbons (Fsp3) is 0.462. The number of carboxylic acid groups (broad SMARTS) is 1. The molecule has 5 heteroatoms. The number of hydrogen-bond donors (Lipinski definition) is 1. The first kappa shape index (κ1) is 13.7. The van der Waals surface area contributed by atoms with Gasteiger partial charge in [-0.25, -0.2) is 0 Å². The van der Waals surface area contributed by atoms with E-state index in [2.05, 4.69) is 0 Å². The summed E-state index contributed by atoms with van der Waals surface area (Å²) in [5.41, 5.74) is 0.814. The lowest BCUT2D eigenvalue weighted by Crippen LogP contribution is -2.44. The Morgan fingerprint density at radius 3 is 2.61 bits per heavy atom. The molecule has 0 aromatic heterocycles. The van der Waals surface area contributed by atoms with Crippen LogP contribution in [-0.2, 0) is 11.3 Å². The van der Waals surface area contributed by atoms with Crippen molar-refractivity contribution in [3.63, 3.8) is 0 Å². The molecule has 1 aromatic carbocycles. The maximum absolute atomic E-state index is 11.2. The predicted octanol–water partition coefficient (Wildman–Crippen LogP) is 3.43. The summed E-state index contributed by atoms with van der Waals surface area (Å²) in [4.78, 5) is 13.2. The third-order valence-electron chi connectivity index (χ3n) is 3.32. The number of aliphatic carboxylic acids is 1. The second kappa shape index (κ2) is 5.91. The Balaban J connectivity index is 2.18. The minimum Gasteiger partial charge on any atom is -0.480 e. The molecule has 3 nitrogen and oxygen atoms in total. The molecule has 1 N–H and O–H groups in total. The fourth-order valence-corrected chi connectivity index (χ4v) is 2.86. The average molecular weight is 288 g/mol. The normalized spacial score (nSPS) is 20.9. The monoisotopic (exact) mass is 287 g/mol. The Bertz CT molecular complexity index is 430. The van der Waals surface area contributed by atoms with Gasteiger partial charge in [0.1, 0.15) is 6.04 Å². The number of nitrogens with zero attached hydrogens (tertiary/aromatic N) is 1. The molecule has 0 aliphatic carbocycles. The number of carbonyl (C=O) groups is 1. The van der Waals surface area contributed by atoms with E-state index < -0.39 is 12.0 Å². The van der Waals surface area contributed by atoms with Gasteiger partial charge in [0, 0.05) is 22.2 Å². The molecule has 0 amide bonds. The van der Waals surface area contributed by atoms with E-state index >= 15 is 0 Å². The molecule has 98 valence electrons. The molecule has 0 spiro atoms. The van der Waals surface area contributed by atoms with E-state index in [0.29, 0.717) is 23.0 Å². The van der Waals surface area contributed by atoms with Gasteiger partial charge in [0.05, 0.1) is 0 Å². The summed E-state index contributed by atoms with van der Waals surface area (Å²) in [6, 6.07) is 4.93. The molecule has 1 unspecified atom stereocenters. The Labute approximate surface area is 116 Å². The molecule has 18 heavy (non-hydrogen) atoms. The Kier molecular flexibility index (Phi) is 4.49. The van der Waals surface area contributed by atoms with Gasteiger partial charge < -0.3 is 5.11 Å². The van der Waals surface area contributed by atoms with Gasteiger partial charge in [0.2, 0.25) is 0 Å². The van der Waals surface area contributed by atoms with E-state index in [0.717, 1.165) is 24.9 Å². The van der Waals surface area contributed by atoms with Crippen LogP contribution < -0.4 is 0 Å². The first-order valence-corrected chi connectivity index (χ1v) is 6.75. The lowest BCUT2D eigenvalue weighted by Gasteiger charge is -2.33. The third kappa shape index (κ3) is 2.97. The van der Waals surface area contributed by atoms with Crippen molar-refractivity contribution < 1.29 is 9.90 Å². The summed E-state index contributed by atoms with van der Waals surface area (Å²) in [7, 11) is 0. The van der Waals surface area contributed by atoms with E-state index in [1.807, 2.05) is 4.90 Å². The van der Waals surface area contributed by atoms with Crippen LogP contribution in [0, 0.1) is 0 Å². The molecule has 1 atom stereocenters. The molecule has 2 rings (SSSR count). The highest BCUT2D eigenvalue weighted by Gasteiger charge is 2.29. The number of benzene rings is 1. The van der Waals surface area contributed by atoms with Gasteiger partial charge in [0.25, 0.3) is 0 Å². The summed E-state index contributed by atoms with van der Waals surface area (Å²) in [5.74, 6) is -0.766. The summed E-state index contributed by atoms with van der Waals surface area (Å²) >= 11 is 12.2. The number of hydrogen-bond acceptors (Lipinski definition) is 2. The zero-order valence-electron chi connectivity index (χ0n) is 9.90.